The van der Waals surface area contributed by atoms with E-state index in [1.807, 2.05) is 20.8 Å². The molecule has 0 fully saturated rings. The summed E-state index contributed by atoms with van der Waals surface area (Å²) in [5.41, 5.74) is 8.04. The normalized spacial score (nSPS) is 15.8. The van der Waals surface area contributed by atoms with Gasteiger partial charge >= 0.3 is 5.97 Å². The van der Waals surface area contributed by atoms with Crippen LogP contribution in [-0.2, 0) is 27.1 Å². The highest BCUT2D eigenvalue weighted by atomic mass is 16.6. The molecule has 0 aliphatic carbocycles. The number of rotatable bonds is 12. The van der Waals surface area contributed by atoms with Crippen LogP contribution in [-0.4, -0.2) is 66.9 Å². The first-order chi connectivity index (χ1) is 14.7. The smallest absolute Gasteiger partial charge is 0.323 e. The van der Waals surface area contributed by atoms with E-state index in [1.54, 1.807) is 7.11 Å². The molecule has 0 amide bonds. The third-order valence-electron chi connectivity index (χ3n) is 5.49. The SMILES string of the molecule is COC(C)CN(CCCCc1ccc2c(n1)NCCC2)CCC(N)C(=O)OC(C)(C)C. The van der Waals surface area contributed by atoms with Crippen molar-refractivity contribution in [3.8, 4) is 0 Å². The van der Waals surface area contributed by atoms with Gasteiger partial charge in [0.1, 0.15) is 17.5 Å². The van der Waals surface area contributed by atoms with Crippen LogP contribution in [0, 0.1) is 0 Å². The number of hydrogen-bond acceptors (Lipinski definition) is 7. The van der Waals surface area contributed by atoms with E-state index in [0.717, 1.165) is 63.4 Å². The average molecular weight is 435 g/mol. The molecule has 176 valence electrons. The second-order valence-electron chi connectivity index (χ2n) is 9.57. The van der Waals surface area contributed by atoms with Crippen LogP contribution in [0.25, 0.3) is 0 Å². The molecular formula is C24H42N4O3. The van der Waals surface area contributed by atoms with Crippen LogP contribution in [0.2, 0.25) is 0 Å². The molecule has 0 bridgehead atoms. The van der Waals surface area contributed by atoms with Gasteiger partial charge in [-0.15, -0.1) is 0 Å². The molecule has 0 radical (unpaired) electrons. The van der Waals surface area contributed by atoms with Crippen LogP contribution in [0.3, 0.4) is 0 Å². The molecule has 1 aliphatic rings. The van der Waals surface area contributed by atoms with Gasteiger partial charge in [0.15, 0.2) is 0 Å². The molecule has 3 N–H and O–H groups in total. The fraction of sp³-hybridized carbons (Fsp3) is 0.750. The molecule has 1 aromatic rings. The lowest BCUT2D eigenvalue weighted by Crippen LogP contribution is -2.41. The molecule has 0 saturated carbocycles. The molecule has 2 heterocycles. The molecule has 7 nitrogen and oxygen atoms in total. The summed E-state index contributed by atoms with van der Waals surface area (Å²) in [6.45, 7) is 11.2. The van der Waals surface area contributed by atoms with Crippen LogP contribution < -0.4 is 11.1 Å². The van der Waals surface area contributed by atoms with Crippen LogP contribution in [0.4, 0.5) is 5.82 Å². The van der Waals surface area contributed by atoms with Gasteiger partial charge in [-0.25, -0.2) is 4.98 Å². The van der Waals surface area contributed by atoms with Gasteiger partial charge in [0.25, 0.3) is 0 Å². The summed E-state index contributed by atoms with van der Waals surface area (Å²) >= 11 is 0. The maximum atomic E-state index is 12.2. The van der Waals surface area contributed by atoms with Gasteiger partial charge in [-0.1, -0.05) is 6.07 Å². The zero-order valence-corrected chi connectivity index (χ0v) is 20.1. The number of esters is 1. The van der Waals surface area contributed by atoms with E-state index in [0.29, 0.717) is 6.42 Å². The van der Waals surface area contributed by atoms with E-state index >= 15 is 0 Å². The van der Waals surface area contributed by atoms with Crippen molar-refractivity contribution >= 4 is 11.8 Å². The van der Waals surface area contributed by atoms with Gasteiger partial charge in [-0.3, -0.25) is 4.79 Å². The lowest BCUT2D eigenvalue weighted by atomic mass is 10.1. The number of pyridine rings is 1. The first kappa shape index (κ1) is 25.6. The Balaban J connectivity index is 1.78. The third kappa shape index (κ3) is 9.54. The lowest BCUT2D eigenvalue weighted by Gasteiger charge is -2.27. The minimum Gasteiger partial charge on any atom is -0.459 e. The summed E-state index contributed by atoms with van der Waals surface area (Å²) in [6.07, 6.45) is 6.11. The first-order valence-electron chi connectivity index (χ1n) is 11.6. The molecule has 0 aromatic carbocycles. The standard InChI is InChI=1S/C24H42N4O3/c1-18(30-5)17-28(16-13-21(25)23(29)31-24(2,3)4)15-7-6-10-20-12-11-19-9-8-14-26-22(19)27-20/h11-12,18,21H,6-10,13-17,25H2,1-5H3,(H,26,27). The zero-order chi connectivity index (χ0) is 22.9. The lowest BCUT2D eigenvalue weighted by molar-refractivity contribution is -0.156. The first-order valence-corrected chi connectivity index (χ1v) is 11.6. The summed E-state index contributed by atoms with van der Waals surface area (Å²) in [7, 11) is 1.73. The van der Waals surface area contributed by atoms with E-state index in [4.69, 9.17) is 20.2 Å². The summed E-state index contributed by atoms with van der Waals surface area (Å²) in [4.78, 5) is 19.3. The highest BCUT2D eigenvalue weighted by molar-refractivity contribution is 5.75. The minimum atomic E-state index is -0.605. The van der Waals surface area contributed by atoms with E-state index < -0.39 is 11.6 Å². The number of aryl methyl sites for hydroxylation is 2. The number of hydrogen-bond donors (Lipinski definition) is 2. The quantitative estimate of drug-likeness (QED) is 0.386. The van der Waals surface area contributed by atoms with Crippen molar-refractivity contribution in [2.75, 3.05) is 38.6 Å². The molecule has 2 rings (SSSR count). The zero-order valence-electron chi connectivity index (χ0n) is 20.1. The Bertz CT molecular complexity index is 690. The fourth-order valence-electron chi connectivity index (χ4n) is 3.70. The van der Waals surface area contributed by atoms with Gasteiger partial charge < -0.3 is 25.4 Å². The van der Waals surface area contributed by atoms with E-state index in [1.165, 1.54) is 12.0 Å². The number of methoxy groups -OCH3 is 1. The number of fused-ring (bicyclic) bond motifs is 1. The molecule has 1 aromatic heterocycles. The second kappa shape index (κ2) is 12.4. The van der Waals surface area contributed by atoms with E-state index in [9.17, 15) is 4.79 Å². The average Bonchev–Trinajstić information content (AvgIpc) is 2.73. The predicted octanol–water partition coefficient (Wildman–Crippen LogP) is 3.16. The van der Waals surface area contributed by atoms with Gasteiger partial charge in [0.05, 0.1) is 6.10 Å². The molecule has 2 atom stereocenters. The largest absolute Gasteiger partial charge is 0.459 e. The maximum Gasteiger partial charge on any atom is 0.323 e. The number of carbonyl (C=O) groups is 1. The van der Waals surface area contributed by atoms with Gasteiger partial charge in [-0.05, 0) is 84.4 Å². The maximum absolute atomic E-state index is 12.2. The molecular weight excluding hydrogens is 392 g/mol. The summed E-state index contributed by atoms with van der Waals surface area (Å²) in [5.74, 6) is 0.731. The van der Waals surface area contributed by atoms with Gasteiger partial charge in [-0.2, -0.15) is 0 Å². The molecule has 0 saturated heterocycles. The van der Waals surface area contributed by atoms with Crippen molar-refractivity contribution in [2.24, 2.45) is 5.73 Å². The summed E-state index contributed by atoms with van der Waals surface area (Å²) in [5, 5.41) is 3.41. The van der Waals surface area contributed by atoms with Crippen molar-refractivity contribution < 1.29 is 14.3 Å². The number of carbonyl (C=O) groups excluding carboxylic acids is 1. The number of nitrogens with two attached hydrogens (primary N) is 1. The third-order valence-corrected chi connectivity index (χ3v) is 5.49. The molecule has 7 heteroatoms. The van der Waals surface area contributed by atoms with Crippen LogP contribution >= 0.6 is 0 Å². The Kier molecular flexibility index (Phi) is 10.2. The van der Waals surface area contributed by atoms with Crippen molar-refractivity contribution in [2.45, 2.75) is 84.0 Å². The second-order valence-corrected chi connectivity index (χ2v) is 9.57. The minimum absolute atomic E-state index is 0.131. The number of anilines is 1. The van der Waals surface area contributed by atoms with Gasteiger partial charge in [0, 0.05) is 32.4 Å². The highest BCUT2D eigenvalue weighted by Crippen LogP contribution is 2.20. The Hall–Kier alpha value is -1.70. The topological polar surface area (TPSA) is 89.7 Å². The molecule has 2 unspecified atom stereocenters. The van der Waals surface area contributed by atoms with E-state index in [2.05, 4.69) is 29.3 Å². The van der Waals surface area contributed by atoms with Crippen LogP contribution in [0.1, 0.15) is 64.6 Å². The Morgan fingerprint density at radius 1 is 1.29 bits per heavy atom. The van der Waals surface area contributed by atoms with Crippen molar-refractivity contribution in [3.05, 3.63) is 23.4 Å². The summed E-state index contributed by atoms with van der Waals surface area (Å²) in [6, 6.07) is 3.78. The number of nitrogens with zero attached hydrogens (tertiary/aromatic N) is 2. The Morgan fingerprint density at radius 3 is 2.77 bits per heavy atom. The highest BCUT2D eigenvalue weighted by Gasteiger charge is 2.23. The van der Waals surface area contributed by atoms with Crippen LogP contribution in [0.5, 0.6) is 0 Å². The van der Waals surface area contributed by atoms with Crippen molar-refractivity contribution in [1.82, 2.24) is 9.88 Å². The monoisotopic (exact) mass is 434 g/mol. The number of ether oxygens (including phenoxy) is 2. The fourth-order valence-corrected chi connectivity index (χ4v) is 3.70. The summed E-state index contributed by atoms with van der Waals surface area (Å²) < 4.78 is 10.8. The Labute approximate surface area is 188 Å². The van der Waals surface area contributed by atoms with Gasteiger partial charge in [0.2, 0.25) is 0 Å². The predicted molar refractivity (Wildman–Crippen MR) is 125 cm³/mol. The van der Waals surface area contributed by atoms with Crippen molar-refractivity contribution in [1.29, 1.82) is 0 Å². The molecule has 31 heavy (non-hydrogen) atoms. The molecule has 0 spiro atoms. The number of unbranched alkanes of at least 4 members (excludes halogenated alkanes) is 1. The van der Waals surface area contributed by atoms with E-state index in [-0.39, 0.29) is 12.1 Å². The number of aromatic nitrogens is 1. The van der Waals surface area contributed by atoms with Crippen LogP contribution in [0.15, 0.2) is 12.1 Å². The molecule has 1 aliphatic heterocycles. The Morgan fingerprint density at radius 2 is 2.06 bits per heavy atom. The van der Waals surface area contributed by atoms with Crippen molar-refractivity contribution in [3.63, 3.8) is 0 Å². The number of nitrogens with one attached hydrogen (secondary N) is 1.